The van der Waals surface area contributed by atoms with Gasteiger partial charge in [0.05, 0.1) is 6.54 Å². The molecule has 0 saturated carbocycles. The van der Waals surface area contributed by atoms with Crippen molar-refractivity contribution in [1.29, 1.82) is 0 Å². The third-order valence-electron chi connectivity index (χ3n) is 3.30. The number of amides is 2. The number of nitrogens with one attached hydrogen (secondary N) is 1. The molecule has 2 amide bonds. The van der Waals surface area contributed by atoms with E-state index in [9.17, 15) is 9.59 Å². The minimum atomic E-state index is -0.0257. The lowest BCUT2D eigenvalue weighted by atomic mass is 9.99. The summed E-state index contributed by atoms with van der Waals surface area (Å²) in [7, 11) is 0. The molecule has 0 radical (unpaired) electrons. The average molecular weight is 212 g/mol. The second kappa shape index (κ2) is 5.14. The molecular formula is C11H20N2O2. The van der Waals surface area contributed by atoms with Crippen LogP contribution >= 0.6 is 0 Å². The second-order valence-corrected chi connectivity index (χ2v) is 4.24. The van der Waals surface area contributed by atoms with Gasteiger partial charge in [-0.2, -0.15) is 0 Å². The zero-order chi connectivity index (χ0) is 11.4. The van der Waals surface area contributed by atoms with Crippen LogP contribution < -0.4 is 5.32 Å². The molecule has 0 spiro atoms. The lowest BCUT2D eigenvalue weighted by Crippen LogP contribution is -2.44. The van der Waals surface area contributed by atoms with Gasteiger partial charge in [0, 0.05) is 19.0 Å². The highest BCUT2D eigenvalue weighted by Gasteiger charge is 2.26. The summed E-state index contributed by atoms with van der Waals surface area (Å²) in [5.74, 6) is 0.484. The van der Waals surface area contributed by atoms with Gasteiger partial charge >= 0.3 is 0 Å². The molecule has 0 aromatic carbocycles. The van der Waals surface area contributed by atoms with E-state index in [2.05, 4.69) is 26.1 Å². The molecule has 0 aromatic heterocycles. The Labute approximate surface area is 91.0 Å². The Balaban J connectivity index is 2.66. The Morgan fingerprint density at radius 1 is 1.40 bits per heavy atom. The Morgan fingerprint density at radius 2 is 2.07 bits per heavy atom. The van der Waals surface area contributed by atoms with E-state index in [1.54, 1.807) is 0 Å². The quantitative estimate of drug-likeness (QED) is 0.751. The van der Waals surface area contributed by atoms with Crippen molar-refractivity contribution in [3.8, 4) is 0 Å². The summed E-state index contributed by atoms with van der Waals surface area (Å²) >= 11 is 0. The van der Waals surface area contributed by atoms with Crippen molar-refractivity contribution in [2.75, 3.05) is 13.1 Å². The predicted molar refractivity (Wildman–Crippen MR) is 58.3 cm³/mol. The van der Waals surface area contributed by atoms with Crippen LogP contribution in [0.4, 0.5) is 0 Å². The topological polar surface area (TPSA) is 49.4 Å². The molecule has 0 bridgehead atoms. The van der Waals surface area contributed by atoms with Gasteiger partial charge in [-0.15, -0.1) is 0 Å². The highest BCUT2D eigenvalue weighted by molar-refractivity contribution is 5.87. The maximum absolute atomic E-state index is 11.7. The van der Waals surface area contributed by atoms with Crippen LogP contribution in [0.5, 0.6) is 0 Å². The minimum Gasteiger partial charge on any atom is -0.347 e. The van der Waals surface area contributed by atoms with Crippen LogP contribution in [0.15, 0.2) is 0 Å². The molecular weight excluding hydrogens is 192 g/mol. The summed E-state index contributed by atoms with van der Waals surface area (Å²) in [5, 5.41) is 2.61. The van der Waals surface area contributed by atoms with Gasteiger partial charge < -0.3 is 10.2 Å². The molecule has 1 saturated heterocycles. The fraction of sp³-hybridized carbons (Fsp3) is 0.818. The third kappa shape index (κ3) is 2.94. The smallest absolute Gasteiger partial charge is 0.242 e. The largest absolute Gasteiger partial charge is 0.347 e. The molecule has 1 heterocycles. The van der Waals surface area contributed by atoms with E-state index in [1.807, 2.05) is 4.90 Å². The lowest BCUT2D eigenvalue weighted by molar-refractivity contribution is -0.132. The van der Waals surface area contributed by atoms with Gasteiger partial charge in [0.1, 0.15) is 0 Å². The SMILES string of the molecule is CCC(C)C(C)N1CCC(=O)NCC1=O. The first-order chi connectivity index (χ1) is 7.06. The molecule has 1 rings (SSSR count). The predicted octanol–water partition coefficient (Wildman–Crippen LogP) is 0.769. The molecule has 1 fully saturated rings. The zero-order valence-electron chi connectivity index (χ0n) is 9.75. The van der Waals surface area contributed by atoms with Gasteiger partial charge in [-0.25, -0.2) is 0 Å². The van der Waals surface area contributed by atoms with Gasteiger partial charge in [-0.05, 0) is 12.8 Å². The molecule has 1 aliphatic rings. The summed E-state index contributed by atoms with van der Waals surface area (Å²) in [5.41, 5.74) is 0. The maximum Gasteiger partial charge on any atom is 0.242 e. The number of nitrogens with zero attached hydrogens (tertiary/aromatic N) is 1. The standard InChI is InChI=1S/C11H20N2O2/c1-4-8(2)9(3)13-6-5-10(14)12-7-11(13)15/h8-9H,4-7H2,1-3H3,(H,12,14). The van der Waals surface area contributed by atoms with Crippen LogP contribution in [0.1, 0.15) is 33.6 Å². The first kappa shape index (κ1) is 12.0. The number of hydrogen-bond acceptors (Lipinski definition) is 2. The minimum absolute atomic E-state index is 0.0257. The van der Waals surface area contributed by atoms with Crippen LogP contribution in [0, 0.1) is 5.92 Å². The van der Waals surface area contributed by atoms with Crippen molar-refractivity contribution in [3.05, 3.63) is 0 Å². The molecule has 0 aromatic rings. The highest BCUT2D eigenvalue weighted by Crippen LogP contribution is 2.15. The van der Waals surface area contributed by atoms with Crippen LogP contribution in [0.3, 0.4) is 0 Å². The monoisotopic (exact) mass is 212 g/mol. The second-order valence-electron chi connectivity index (χ2n) is 4.24. The van der Waals surface area contributed by atoms with Crippen LogP contribution in [-0.4, -0.2) is 35.8 Å². The Morgan fingerprint density at radius 3 is 2.67 bits per heavy atom. The van der Waals surface area contributed by atoms with E-state index in [-0.39, 0.29) is 24.4 Å². The van der Waals surface area contributed by atoms with Crippen molar-refractivity contribution < 1.29 is 9.59 Å². The fourth-order valence-electron chi connectivity index (χ4n) is 1.79. The fourth-order valence-corrected chi connectivity index (χ4v) is 1.79. The van der Waals surface area contributed by atoms with Crippen LogP contribution in [0.2, 0.25) is 0 Å². The normalized spacial score (nSPS) is 21.9. The molecule has 2 atom stereocenters. The molecule has 86 valence electrons. The Bertz CT molecular complexity index is 253. The summed E-state index contributed by atoms with van der Waals surface area (Å²) in [4.78, 5) is 24.7. The maximum atomic E-state index is 11.7. The van der Waals surface area contributed by atoms with Gasteiger partial charge in [0.25, 0.3) is 0 Å². The molecule has 4 nitrogen and oxygen atoms in total. The van der Waals surface area contributed by atoms with E-state index in [0.717, 1.165) is 6.42 Å². The van der Waals surface area contributed by atoms with Gasteiger partial charge in [0.2, 0.25) is 11.8 Å². The van der Waals surface area contributed by atoms with Gasteiger partial charge in [-0.3, -0.25) is 9.59 Å². The average Bonchev–Trinajstić information content (AvgIpc) is 2.39. The Kier molecular flexibility index (Phi) is 4.12. The molecule has 4 heteroatoms. The lowest BCUT2D eigenvalue weighted by Gasteiger charge is -2.31. The molecule has 0 aliphatic carbocycles. The van der Waals surface area contributed by atoms with Crippen LogP contribution in [-0.2, 0) is 9.59 Å². The Hall–Kier alpha value is -1.06. The number of carbonyl (C=O) groups is 2. The van der Waals surface area contributed by atoms with E-state index >= 15 is 0 Å². The molecule has 2 unspecified atom stereocenters. The summed E-state index contributed by atoms with van der Waals surface area (Å²) < 4.78 is 0. The first-order valence-corrected chi connectivity index (χ1v) is 5.62. The van der Waals surface area contributed by atoms with Crippen molar-refractivity contribution in [2.24, 2.45) is 5.92 Å². The van der Waals surface area contributed by atoms with Crippen molar-refractivity contribution in [1.82, 2.24) is 10.2 Å². The van der Waals surface area contributed by atoms with Crippen molar-refractivity contribution in [3.63, 3.8) is 0 Å². The van der Waals surface area contributed by atoms with Crippen LogP contribution in [0.25, 0.3) is 0 Å². The number of hydrogen-bond donors (Lipinski definition) is 1. The zero-order valence-corrected chi connectivity index (χ0v) is 9.75. The third-order valence-corrected chi connectivity index (χ3v) is 3.30. The van der Waals surface area contributed by atoms with E-state index < -0.39 is 0 Å². The molecule has 1 aliphatic heterocycles. The van der Waals surface area contributed by atoms with E-state index in [1.165, 1.54) is 0 Å². The van der Waals surface area contributed by atoms with E-state index in [0.29, 0.717) is 18.9 Å². The van der Waals surface area contributed by atoms with Crippen molar-refractivity contribution >= 4 is 11.8 Å². The number of rotatable bonds is 3. The van der Waals surface area contributed by atoms with Gasteiger partial charge in [-0.1, -0.05) is 20.3 Å². The van der Waals surface area contributed by atoms with Gasteiger partial charge in [0.15, 0.2) is 0 Å². The van der Waals surface area contributed by atoms with E-state index in [4.69, 9.17) is 0 Å². The molecule has 15 heavy (non-hydrogen) atoms. The first-order valence-electron chi connectivity index (χ1n) is 5.62. The molecule has 1 N–H and O–H groups in total. The van der Waals surface area contributed by atoms with Crippen molar-refractivity contribution in [2.45, 2.75) is 39.7 Å². The highest BCUT2D eigenvalue weighted by atomic mass is 16.2. The summed E-state index contributed by atoms with van der Waals surface area (Å²) in [6.45, 7) is 7.02. The number of carbonyl (C=O) groups excluding carboxylic acids is 2. The summed E-state index contributed by atoms with van der Waals surface area (Å²) in [6, 6.07) is 0.218. The summed E-state index contributed by atoms with van der Waals surface area (Å²) in [6.07, 6.45) is 1.47.